The SMILES string of the molecule is CN(CC(=O)N1CCNCC1)Cc1ccc2ccccc2c1. The number of nitrogens with one attached hydrogen (secondary N) is 1. The molecule has 1 N–H and O–H groups in total. The molecule has 0 unspecified atom stereocenters. The Morgan fingerprint density at radius 3 is 2.64 bits per heavy atom. The van der Waals surface area contributed by atoms with Gasteiger partial charge in [-0.25, -0.2) is 0 Å². The van der Waals surface area contributed by atoms with Gasteiger partial charge < -0.3 is 10.2 Å². The van der Waals surface area contributed by atoms with Gasteiger partial charge in [0.2, 0.25) is 5.91 Å². The van der Waals surface area contributed by atoms with Gasteiger partial charge >= 0.3 is 0 Å². The highest BCUT2D eigenvalue weighted by molar-refractivity contribution is 5.83. The first-order valence-corrected chi connectivity index (χ1v) is 7.87. The van der Waals surface area contributed by atoms with Gasteiger partial charge in [0.1, 0.15) is 0 Å². The minimum Gasteiger partial charge on any atom is -0.339 e. The topological polar surface area (TPSA) is 35.6 Å². The van der Waals surface area contributed by atoms with Crippen molar-refractivity contribution in [3.8, 4) is 0 Å². The van der Waals surface area contributed by atoms with Gasteiger partial charge in [0.05, 0.1) is 6.54 Å². The maximum absolute atomic E-state index is 12.3. The van der Waals surface area contributed by atoms with E-state index in [0.29, 0.717) is 6.54 Å². The standard InChI is InChI=1S/C18H23N3O/c1-20(14-18(22)21-10-8-19-9-11-21)13-15-6-7-16-4-2-3-5-17(16)12-15/h2-7,12,19H,8-11,13-14H2,1H3. The first-order valence-electron chi connectivity index (χ1n) is 7.87. The molecule has 4 heteroatoms. The normalized spacial score (nSPS) is 15.5. The van der Waals surface area contributed by atoms with Crippen molar-refractivity contribution in [1.82, 2.24) is 15.1 Å². The molecular weight excluding hydrogens is 274 g/mol. The van der Waals surface area contributed by atoms with Crippen molar-refractivity contribution in [2.45, 2.75) is 6.54 Å². The molecule has 2 aromatic rings. The number of piperazine rings is 1. The molecule has 1 amide bonds. The molecule has 0 radical (unpaired) electrons. The molecule has 0 atom stereocenters. The predicted molar refractivity (Wildman–Crippen MR) is 89.7 cm³/mol. The lowest BCUT2D eigenvalue weighted by Crippen LogP contribution is -2.49. The number of hydrogen-bond acceptors (Lipinski definition) is 3. The summed E-state index contributed by atoms with van der Waals surface area (Å²) in [5.41, 5.74) is 1.24. The second-order valence-electron chi connectivity index (χ2n) is 5.98. The highest BCUT2D eigenvalue weighted by atomic mass is 16.2. The Bertz CT molecular complexity index is 650. The summed E-state index contributed by atoms with van der Waals surface area (Å²) in [6, 6.07) is 14.9. The van der Waals surface area contributed by atoms with Crippen LogP contribution in [0.5, 0.6) is 0 Å². The van der Waals surface area contributed by atoms with Crippen molar-refractivity contribution < 1.29 is 4.79 Å². The largest absolute Gasteiger partial charge is 0.339 e. The highest BCUT2D eigenvalue weighted by Crippen LogP contribution is 2.16. The van der Waals surface area contributed by atoms with Gasteiger partial charge in [0.15, 0.2) is 0 Å². The van der Waals surface area contributed by atoms with E-state index >= 15 is 0 Å². The second-order valence-corrected chi connectivity index (χ2v) is 5.98. The molecule has 0 bridgehead atoms. The van der Waals surface area contributed by atoms with Crippen molar-refractivity contribution in [2.75, 3.05) is 39.8 Å². The van der Waals surface area contributed by atoms with Crippen molar-refractivity contribution >= 4 is 16.7 Å². The molecule has 3 rings (SSSR count). The zero-order valence-electron chi connectivity index (χ0n) is 13.1. The Morgan fingerprint density at radius 1 is 1.14 bits per heavy atom. The Morgan fingerprint density at radius 2 is 1.86 bits per heavy atom. The van der Waals surface area contributed by atoms with Crippen LogP contribution < -0.4 is 5.32 Å². The van der Waals surface area contributed by atoms with E-state index in [9.17, 15) is 4.79 Å². The third-order valence-electron chi connectivity index (χ3n) is 4.14. The van der Waals surface area contributed by atoms with Crippen molar-refractivity contribution in [2.24, 2.45) is 0 Å². The quantitative estimate of drug-likeness (QED) is 0.933. The molecule has 1 fully saturated rings. The minimum absolute atomic E-state index is 0.227. The fourth-order valence-corrected chi connectivity index (χ4v) is 2.95. The Balaban J connectivity index is 1.60. The maximum atomic E-state index is 12.3. The van der Waals surface area contributed by atoms with Gasteiger partial charge in [-0.1, -0.05) is 36.4 Å². The van der Waals surface area contributed by atoms with E-state index in [1.54, 1.807) is 0 Å². The molecule has 0 spiro atoms. The van der Waals surface area contributed by atoms with Gasteiger partial charge in [0.25, 0.3) is 0 Å². The van der Waals surface area contributed by atoms with Crippen LogP contribution in [0.4, 0.5) is 0 Å². The first-order chi connectivity index (χ1) is 10.7. The lowest BCUT2D eigenvalue weighted by atomic mass is 10.1. The Labute approximate surface area is 131 Å². The highest BCUT2D eigenvalue weighted by Gasteiger charge is 2.17. The molecule has 22 heavy (non-hydrogen) atoms. The summed E-state index contributed by atoms with van der Waals surface area (Å²) in [4.78, 5) is 16.3. The molecule has 1 aliphatic heterocycles. The van der Waals surface area contributed by atoms with Crippen LogP contribution in [0.25, 0.3) is 10.8 Å². The summed E-state index contributed by atoms with van der Waals surface area (Å²) >= 11 is 0. The lowest BCUT2D eigenvalue weighted by molar-refractivity contribution is -0.132. The summed E-state index contributed by atoms with van der Waals surface area (Å²) in [5, 5.41) is 5.78. The van der Waals surface area contributed by atoms with Gasteiger partial charge in [-0.2, -0.15) is 0 Å². The molecule has 1 saturated heterocycles. The van der Waals surface area contributed by atoms with Gasteiger partial charge in [0, 0.05) is 32.7 Å². The summed E-state index contributed by atoms with van der Waals surface area (Å²) in [5.74, 6) is 0.227. The van der Waals surface area contributed by atoms with Gasteiger partial charge in [-0.3, -0.25) is 9.69 Å². The average molecular weight is 297 g/mol. The van der Waals surface area contributed by atoms with Crippen LogP contribution in [0.2, 0.25) is 0 Å². The zero-order valence-corrected chi connectivity index (χ0v) is 13.1. The number of hydrogen-bond donors (Lipinski definition) is 1. The number of fused-ring (bicyclic) bond motifs is 1. The van der Waals surface area contributed by atoms with Crippen LogP contribution in [0.15, 0.2) is 42.5 Å². The lowest BCUT2D eigenvalue weighted by Gasteiger charge is -2.29. The predicted octanol–water partition coefficient (Wildman–Crippen LogP) is 1.70. The third kappa shape index (κ3) is 3.64. The molecule has 0 aromatic heterocycles. The summed E-state index contributed by atoms with van der Waals surface area (Å²) in [7, 11) is 2.01. The van der Waals surface area contributed by atoms with E-state index in [2.05, 4.69) is 52.7 Å². The smallest absolute Gasteiger partial charge is 0.236 e. The van der Waals surface area contributed by atoms with E-state index in [-0.39, 0.29) is 5.91 Å². The van der Waals surface area contributed by atoms with Gasteiger partial charge in [-0.05, 0) is 29.4 Å². The van der Waals surface area contributed by atoms with E-state index in [1.807, 2.05) is 11.9 Å². The third-order valence-corrected chi connectivity index (χ3v) is 4.14. The molecule has 0 aliphatic carbocycles. The molecule has 1 heterocycles. The summed E-state index contributed by atoms with van der Waals surface area (Å²) in [6.45, 7) is 4.72. The number of likely N-dealkylation sites (N-methyl/N-ethyl adjacent to an activating group) is 1. The molecule has 4 nitrogen and oxygen atoms in total. The zero-order chi connectivity index (χ0) is 15.4. The van der Waals surface area contributed by atoms with Crippen LogP contribution >= 0.6 is 0 Å². The van der Waals surface area contributed by atoms with Crippen molar-refractivity contribution in [3.05, 3.63) is 48.0 Å². The van der Waals surface area contributed by atoms with Crippen LogP contribution in [-0.4, -0.2) is 55.5 Å². The fraction of sp³-hybridized carbons (Fsp3) is 0.389. The number of rotatable bonds is 4. The number of benzene rings is 2. The summed E-state index contributed by atoms with van der Waals surface area (Å²) in [6.07, 6.45) is 0. The van der Waals surface area contributed by atoms with Crippen LogP contribution in [-0.2, 0) is 11.3 Å². The minimum atomic E-state index is 0.227. The van der Waals surface area contributed by atoms with E-state index < -0.39 is 0 Å². The van der Waals surface area contributed by atoms with E-state index in [1.165, 1.54) is 16.3 Å². The fourth-order valence-electron chi connectivity index (χ4n) is 2.95. The maximum Gasteiger partial charge on any atom is 0.236 e. The van der Waals surface area contributed by atoms with Gasteiger partial charge in [-0.15, -0.1) is 0 Å². The average Bonchev–Trinajstić information content (AvgIpc) is 2.55. The second kappa shape index (κ2) is 6.90. The molecule has 2 aromatic carbocycles. The number of nitrogens with zero attached hydrogens (tertiary/aromatic N) is 2. The Kier molecular flexibility index (Phi) is 4.71. The molecular formula is C18H23N3O. The first kappa shape index (κ1) is 15.0. The summed E-state index contributed by atoms with van der Waals surface area (Å²) < 4.78 is 0. The van der Waals surface area contributed by atoms with E-state index in [0.717, 1.165) is 32.7 Å². The molecule has 116 valence electrons. The monoisotopic (exact) mass is 297 g/mol. The van der Waals surface area contributed by atoms with Crippen molar-refractivity contribution in [1.29, 1.82) is 0 Å². The molecule has 0 saturated carbocycles. The number of carbonyl (C=O) groups is 1. The number of carbonyl (C=O) groups excluding carboxylic acids is 1. The van der Waals surface area contributed by atoms with Crippen LogP contribution in [0.3, 0.4) is 0 Å². The van der Waals surface area contributed by atoms with Crippen molar-refractivity contribution in [3.63, 3.8) is 0 Å². The number of amides is 1. The Hall–Kier alpha value is -1.91. The van der Waals surface area contributed by atoms with Crippen LogP contribution in [0.1, 0.15) is 5.56 Å². The van der Waals surface area contributed by atoms with Crippen LogP contribution in [0, 0.1) is 0 Å². The molecule has 1 aliphatic rings. The van der Waals surface area contributed by atoms with E-state index in [4.69, 9.17) is 0 Å².